The lowest BCUT2D eigenvalue weighted by atomic mass is 10.1. The van der Waals surface area contributed by atoms with Crippen LogP contribution in [0.15, 0.2) is 18.2 Å². The first-order valence-corrected chi connectivity index (χ1v) is 4.01. The summed E-state index contributed by atoms with van der Waals surface area (Å²) in [6.45, 7) is 0.855. The minimum absolute atomic E-state index is 0.370. The van der Waals surface area contributed by atoms with Gasteiger partial charge in [-0.1, -0.05) is 0 Å². The zero-order valence-corrected chi connectivity index (χ0v) is 6.79. The molecule has 1 aromatic rings. The number of nitrogen functional groups attached to an aromatic ring is 2. The van der Waals surface area contributed by atoms with E-state index in [1.54, 1.807) is 0 Å². The molecule has 0 saturated carbocycles. The molecule has 0 bridgehead atoms. The van der Waals surface area contributed by atoms with Crippen molar-refractivity contribution in [2.75, 3.05) is 18.1 Å². The van der Waals surface area contributed by atoms with Crippen molar-refractivity contribution in [2.45, 2.75) is 12.5 Å². The van der Waals surface area contributed by atoms with E-state index in [9.17, 15) is 0 Å². The van der Waals surface area contributed by atoms with Crippen molar-refractivity contribution in [1.29, 1.82) is 0 Å². The molecule has 12 heavy (non-hydrogen) atoms. The van der Waals surface area contributed by atoms with Crippen LogP contribution in [0.25, 0.3) is 0 Å². The zero-order chi connectivity index (χ0) is 8.55. The minimum atomic E-state index is 0.370. The Morgan fingerprint density at radius 1 is 1.42 bits per heavy atom. The van der Waals surface area contributed by atoms with Gasteiger partial charge in [0.2, 0.25) is 0 Å². The summed E-state index contributed by atoms with van der Waals surface area (Å²) in [4.78, 5) is 0. The molecule has 1 aromatic carbocycles. The Labute approximate surface area is 71.3 Å². The first-order chi connectivity index (χ1) is 5.75. The van der Waals surface area contributed by atoms with Gasteiger partial charge in [-0.25, -0.2) is 0 Å². The Hall–Kier alpha value is -1.22. The van der Waals surface area contributed by atoms with E-state index in [0.717, 1.165) is 30.0 Å². The van der Waals surface area contributed by atoms with Crippen molar-refractivity contribution >= 4 is 11.4 Å². The second-order valence-corrected chi connectivity index (χ2v) is 3.12. The Morgan fingerprint density at radius 2 is 2.17 bits per heavy atom. The van der Waals surface area contributed by atoms with E-state index in [0.29, 0.717) is 6.10 Å². The molecule has 1 aliphatic heterocycles. The summed E-state index contributed by atoms with van der Waals surface area (Å²) in [5, 5.41) is 0. The summed E-state index contributed by atoms with van der Waals surface area (Å²) in [6.07, 6.45) is 1.26. The van der Waals surface area contributed by atoms with Crippen molar-refractivity contribution in [3.8, 4) is 0 Å². The van der Waals surface area contributed by atoms with Crippen LogP contribution in [-0.4, -0.2) is 12.7 Å². The van der Waals surface area contributed by atoms with Gasteiger partial charge in [0, 0.05) is 17.8 Å². The molecule has 0 spiro atoms. The normalized spacial score (nSPS) is 20.8. The maximum Gasteiger partial charge on any atom is 0.0850 e. The van der Waals surface area contributed by atoms with Crippen molar-refractivity contribution in [2.24, 2.45) is 0 Å². The number of hydrogen-bond donors (Lipinski definition) is 2. The molecule has 3 nitrogen and oxygen atoms in total. The Kier molecular flexibility index (Phi) is 1.66. The highest BCUT2D eigenvalue weighted by atomic mass is 16.6. The first kappa shape index (κ1) is 7.43. The molecule has 4 N–H and O–H groups in total. The number of anilines is 2. The highest BCUT2D eigenvalue weighted by Gasteiger charge is 2.23. The van der Waals surface area contributed by atoms with Gasteiger partial charge in [0.05, 0.1) is 12.7 Å². The minimum Gasteiger partial charge on any atom is -0.399 e. The topological polar surface area (TPSA) is 64.6 Å². The van der Waals surface area contributed by atoms with Crippen LogP contribution in [0.2, 0.25) is 0 Å². The van der Waals surface area contributed by atoms with E-state index in [4.69, 9.17) is 16.2 Å². The SMILES string of the molecule is Nc1ccc(N)c(CC2CO2)c1. The predicted molar refractivity (Wildman–Crippen MR) is 48.7 cm³/mol. The summed E-state index contributed by atoms with van der Waals surface area (Å²) < 4.78 is 5.11. The molecule has 1 atom stereocenters. The Morgan fingerprint density at radius 3 is 2.83 bits per heavy atom. The average molecular weight is 164 g/mol. The summed E-state index contributed by atoms with van der Waals surface area (Å²) >= 11 is 0. The van der Waals surface area contributed by atoms with E-state index < -0.39 is 0 Å². The maximum absolute atomic E-state index is 5.75. The highest BCUT2D eigenvalue weighted by Crippen LogP contribution is 2.22. The van der Waals surface area contributed by atoms with Gasteiger partial charge in [0.25, 0.3) is 0 Å². The van der Waals surface area contributed by atoms with Crippen molar-refractivity contribution < 1.29 is 4.74 Å². The fraction of sp³-hybridized carbons (Fsp3) is 0.333. The third-order valence-corrected chi connectivity index (χ3v) is 2.02. The maximum atomic E-state index is 5.75. The summed E-state index contributed by atoms with van der Waals surface area (Å²) in [5.74, 6) is 0. The van der Waals surface area contributed by atoms with E-state index in [1.807, 2.05) is 18.2 Å². The van der Waals surface area contributed by atoms with Gasteiger partial charge in [-0.2, -0.15) is 0 Å². The van der Waals surface area contributed by atoms with Crippen molar-refractivity contribution in [3.05, 3.63) is 23.8 Å². The number of ether oxygens (including phenoxy) is 1. The second-order valence-electron chi connectivity index (χ2n) is 3.12. The monoisotopic (exact) mass is 164 g/mol. The van der Waals surface area contributed by atoms with E-state index in [2.05, 4.69) is 0 Å². The third-order valence-electron chi connectivity index (χ3n) is 2.02. The summed E-state index contributed by atoms with van der Waals surface area (Å²) in [7, 11) is 0. The fourth-order valence-corrected chi connectivity index (χ4v) is 1.23. The van der Waals surface area contributed by atoms with Gasteiger partial charge in [0.15, 0.2) is 0 Å². The molecule has 1 fully saturated rings. The molecule has 0 aliphatic carbocycles. The predicted octanol–water partition coefficient (Wildman–Crippen LogP) is 0.792. The van der Waals surface area contributed by atoms with Crippen molar-refractivity contribution in [1.82, 2.24) is 0 Å². The summed E-state index contributed by atoms with van der Waals surface area (Å²) in [6, 6.07) is 5.57. The lowest BCUT2D eigenvalue weighted by Gasteiger charge is -2.03. The van der Waals surface area contributed by atoms with Gasteiger partial charge < -0.3 is 16.2 Å². The average Bonchev–Trinajstić information content (AvgIpc) is 2.81. The largest absolute Gasteiger partial charge is 0.399 e. The number of epoxide rings is 1. The van der Waals surface area contributed by atoms with Crippen LogP contribution in [0.1, 0.15) is 5.56 Å². The van der Waals surface area contributed by atoms with Crippen LogP contribution < -0.4 is 11.5 Å². The fourth-order valence-electron chi connectivity index (χ4n) is 1.23. The molecule has 1 heterocycles. The number of benzene rings is 1. The smallest absolute Gasteiger partial charge is 0.0850 e. The molecule has 0 amide bonds. The van der Waals surface area contributed by atoms with E-state index >= 15 is 0 Å². The van der Waals surface area contributed by atoms with Crippen LogP contribution in [0.4, 0.5) is 11.4 Å². The molecule has 1 unspecified atom stereocenters. The lowest BCUT2D eigenvalue weighted by molar-refractivity contribution is 0.408. The molecule has 1 aliphatic rings. The first-order valence-electron chi connectivity index (χ1n) is 4.01. The Bertz CT molecular complexity index is 295. The highest BCUT2D eigenvalue weighted by molar-refractivity contribution is 5.55. The van der Waals surface area contributed by atoms with Crippen LogP contribution in [0.3, 0.4) is 0 Å². The number of rotatable bonds is 2. The molecule has 0 radical (unpaired) electrons. The number of hydrogen-bond acceptors (Lipinski definition) is 3. The van der Waals surface area contributed by atoms with Gasteiger partial charge in [-0.15, -0.1) is 0 Å². The molecule has 1 saturated heterocycles. The summed E-state index contributed by atoms with van der Waals surface area (Å²) in [5.41, 5.74) is 14.0. The van der Waals surface area contributed by atoms with Crippen LogP contribution in [-0.2, 0) is 11.2 Å². The third kappa shape index (κ3) is 1.51. The van der Waals surface area contributed by atoms with Gasteiger partial charge in [0.1, 0.15) is 0 Å². The second kappa shape index (κ2) is 2.68. The molecule has 2 rings (SSSR count). The van der Waals surface area contributed by atoms with E-state index in [-0.39, 0.29) is 0 Å². The van der Waals surface area contributed by atoms with Crippen LogP contribution in [0.5, 0.6) is 0 Å². The molecular formula is C9H12N2O. The lowest BCUT2D eigenvalue weighted by Crippen LogP contribution is -2.00. The molecule has 64 valence electrons. The molecule has 0 aromatic heterocycles. The quantitative estimate of drug-likeness (QED) is 0.501. The number of nitrogens with two attached hydrogens (primary N) is 2. The Balaban J connectivity index is 2.21. The molecular weight excluding hydrogens is 152 g/mol. The van der Waals surface area contributed by atoms with Crippen LogP contribution >= 0.6 is 0 Å². The van der Waals surface area contributed by atoms with Gasteiger partial charge in [-0.3, -0.25) is 0 Å². The standard InChI is InChI=1S/C9H12N2O/c10-7-1-2-9(11)6(3-7)4-8-5-12-8/h1-3,8H,4-5,10-11H2. The van der Waals surface area contributed by atoms with Gasteiger partial charge >= 0.3 is 0 Å². The van der Waals surface area contributed by atoms with Crippen LogP contribution in [0, 0.1) is 0 Å². The molecule has 3 heteroatoms. The van der Waals surface area contributed by atoms with E-state index in [1.165, 1.54) is 0 Å². The zero-order valence-electron chi connectivity index (χ0n) is 6.79. The van der Waals surface area contributed by atoms with Gasteiger partial charge in [-0.05, 0) is 23.8 Å². The van der Waals surface area contributed by atoms with Crippen molar-refractivity contribution in [3.63, 3.8) is 0 Å².